The molecule has 30 heavy (non-hydrogen) atoms. The molecule has 3 atom stereocenters. The molecule has 0 bridgehead atoms. The van der Waals surface area contributed by atoms with Gasteiger partial charge in [0.2, 0.25) is 15.3 Å². The quantitative estimate of drug-likeness (QED) is 0.175. The van der Waals surface area contributed by atoms with Crippen molar-refractivity contribution in [2.24, 2.45) is 0 Å². The summed E-state index contributed by atoms with van der Waals surface area (Å²) in [7, 11) is 0. The largest absolute Gasteiger partial charge is 0.282 e. The lowest BCUT2D eigenvalue weighted by atomic mass is 10.4. The fourth-order valence-electron chi connectivity index (χ4n) is 1.73. The van der Waals surface area contributed by atoms with Gasteiger partial charge in [-0.25, -0.2) is 0 Å². The van der Waals surface area contributed by atoms with Gasteiger partial charge in [0, 0.05) is 16.8 Å². The van der Waals surface area contributed by atoms with Gasteiger partial charge >= 0.3 is 0 Å². The minimum atomic E-state index is 0.0148. The first-order valence-electron chi connectivity index (χ1n) is 9.31. The fraction of sp³-hybridized carbons (Fsp3) is 0.571. The van der Waals surface area contributed by atoms with E-state index in [1.54, 1.807) is 56.1 Å². The second kappa shape index (κ2) is 16.0. The van der Waals surface area contributed by atoms with E-state index in [-0.39, 0.29) is 34.3 Å². The molecule has 9 heteroatoms. The zero-order valence-corrected chi connectivity index (χ0v) is 23.4. The van der Waals surface area contributed by atoms with Gasteiger partial charge in [0.1, 0.15) is 0 Å². The highest BCUT2D eigenvalue weighted by Gasteiger charge is 2.21. The van der Waals surface area contributed by atoms with Crippen LogP contribution in [0.1, 0.15) is 41.5 Å². The van der Waals surface area contributed by atoms with Crippen LogP contribution in [-0.4, -0.2) is 45.8 Å². The van der Waals surface area contributed by atoms with E-state index < -0.39 is 0 Å². The Morgan fingerprint density at radius 3 is 1.23 bits per heavy atom. The minimum absolute atomic E-state index is 0.0148. The summed E-state index contributed by atoms with van der Waals surface area (Å²) in [6.45, 7) is 22.4. The molecule has 0 saturated carbocycles. The summed E-state index contributed by atoms with van der Waals surface area (Å²) in [5, 5.41) is 0.341. The Morgan fingerprint density at radius 2 is 0.933 bits per heavy atom. The van der Waals surface area contributed by atoms with E-state index >= 15 is 0 Å². The molecule has 0 amide bonds. The van der Waals surface area contributed by atoms with E-state index in [0.717, 1.165) is 11.5 Å². The van der Waals surface area contributed by atoms with E-state index in [2.05, 4.69) is 19.7 Å². The van der Waals surface area contributed by atoms with Crippen LogP contribution in [0.3, 0.4) is 0 Å². The predicted molar refractivity (Wildman–Crippen MR) is 147 cm³/mol. The van der Waals surface area contributed by atoms with Crippen molar-refractivity contribution in [1.29, 1.82) is 0 Å². The molecule has 3 nitrogen and oxygen atoms in total. The van der Waals surface area contributed by atoms with Crippen molar-refractivity contribution < 1.29 is 14.4 Å². The van der Waals surface area contributed by atoms with Crippen LogP contribution >= 0.6 is 70.6 Å². The Morgan fingerprint density at radius 1 is 0.633 bits per heavy atom. The number of thioether (sulfide) groups is 6. The molecule has 0 rings (SSSR count). The van der Waals surface area contributed by atoms with Gasteiger partial charge in [0.15, 0.2) is 0 Å². The molecule has 0 heterocycles. The van der Waals surface area contributed by atoms with Crippen molar-refractivity contribution in [2.75, 3.05) is 11.5 Å². The first-order valence-corrected chi connectivity index (χ1v) is 15.0. The maximum Gasteiger partial charge on any atom is 0.215 e. The van der Waals surface area contributed by atoms with E-state index in [1.165, 1.54) is 35.3 Å². The second-order valence-corrected chi connectivity index (χ2v) is 15.9. The average molecular weight is 525 g/mol. The molecule has 0 aromatic rings. The lowest BCUT2D eigenvalue weighted by Gasteiger charge is -2.22. The van der Waals surface area contributed by atoms with Gasteiger partial charge in [-0.15, -0.1) is 35.3 Å². The van der Waals surface area contributed by atoms with Gasteiger partial charge in [0.25, 0.3) is 0 Å². The number of hydrogen-bond acceptors (Lipinski definition) is 9. The molecule has 0 aliphatic heterocycles. The Labute approximate surface area is 207 Å². The molecule has 0 aromatic heterocycles. The van der Waals surface area contributed by atoms with Crippen molar-refractivity contribution in [1.82, 2.24) is 0 Å². The first-order chi connectivity index (χ1) is 13.8. The molecule has 0 aromatic carbocycles. The SMILES string of the molecule is C=C(C)C(=O)SC(C)SCC(CSC(C)SC(=O)C(=C)C)SC(C)SC(=O)C(=C)C. The number of hydrogen-bond donors (Lipinski definition) is 0. The highest BCUT2D eigenvalue weighted by atomic mass is 32.2. The summed E-state index contributed by atoms with van der Waals surface area (Å²) in [5.41, 5.74) is 1.68. The lowest BCUT2D eigenvalue weighted by molar-refractivity contribution is -0.108. The summed E-state index contributed by atoms with van der Waals surface area (Å²) in [4.78, 5) is 35.7. The van der Waals surface area contributed by atoms with Crippen LogP contribution in [0, 0.1) is 0 Å². The molecular weight excluding hydrogens is 493 g/mol. The van der Waals surface area contributed by atoms with E-state index in [0.29, 0.717) is 16.7 Å². The number of rotatable bonds is 14. The van der Waals surface area contributed by atoms with Crippen molar-refractivity contribution in [3.05, 3.63) is 36.5 Å². The molecular formula is C21H32O3S6. The van der Waals surface area contributed by atoms with Crippen LogP contribution in [0.4, 0.5) is 0 Å². The highest BCUT2D eigenvalue weighted by molar-refractivity contribution is 8.27. The summed E-state index contributed by atoms with van der Waals surface area (Å²) >= 11 is 9.13. The van der Waals surface area contributed by atoms with Crippen LogP contribution < -0.4 is 0 Å². The summed E-state index contributed by atoms with van der Waals surface area (Å²) in [5.74, 6) is 1.71. The van der Waals surface area contributed by atoms with Crippen LogP contribution in [0.2, 0.25) is 0 Å². The standard InChI is InChI=1S/C21H32O3S6/c1-12(2)19(22)28-15(7)25-10-18(27-17(9)30-21(24)14(5)6)11-26-16(8)29-20(23)13(3)4/h15-18H,1,3,5,10-11H2,2,4,6-9H3. The molecule has 170 valence electrons. The summed E-state index contributed by atoms with van der Waals surface area (Å²) < 4.78 is 0.346. The van der Waals surface area contributed by atoms with Crippen molar-refractivity contribution in [3.8, 4) is 0 Å². The topological polar surface area (TPSA) is 51.2 Å². The van der Waals surface area contributed by atoms with Gasteiger partial charge in [-0.3, -0.25) is 14.4 Å². The monoisotopic (exact) mass is 524 g/mol. The normalized spacial score (nSPS) is 15.0. The van der Waals surface area contributed by atoms with Gasteiger partial charge in [-0.2, -0.15) is 0 Å². The highest BCUT2D eigenvalue weighted by Crippen LogP contribution is 2.37. The van der Waals surface area contributed by atoms with Crippen molar-refractivity contribution in [3.63, 3.8) is 0 Å². The second-order valence-electron chi connectivity index (χ2n) is 6.68. The van der Waals surface area contributed by atoms with Gasteiger partial charge in [0.05, 0.1) is 13.7 Å². The molecule has 0 N–H and O–H groups in total. The maximum absolute atomic E-state index is 12.0. The molecule has 0 saturated heterocycles. The summed E-state index contributed by atoms with van der Waals surface area (Å²) in [6, 6.07) is 0. The summed E-state index contributed by atoms with van der Waals surface area (Å²) in [6.07, 6.45) is 0. The third-order valence-electron chi connectivity index (χ3n) is 3.28. The lowest BCUT2D eigenvalue weighted by Crippen LogP contribution is -2.17. The van der Waals surface area contributed by atoms with E-state index in [1.807, 2.05) is 20.8 Å². The Kier molecular flexibility index (Phi) is 16.2. The molecule has 0 radical (unpaired) electrons. The fourth-order valence-corrected chi connectivity index (χ4v) is 8.74. The van der Waals surface area contributed by atoms with Crippen molar-refractivity contribution in [2.45, 2.75) is 60.5 Å². The Bertz CT molecular complexity index is 623. The third kappa shape index (κ3) is 14.4. The zero-order chi connectivity index (χ0) is 23.4. The third-order valence-corrected chi connectivity index (χ3v) is 11.6. The Hall–Kier alpha value is 0.330. The Balaban J connectivity index is 4.85. The van der Waals surface area contributed by atoms with Gasteiger partial charge in [-0.1, -0.05) is 55.0 Å². The van der Waals surface area contributed by atoms with Crippen LogP contribution in [0.5, 0.6) is 0 Å². The van der Waals surface area contributed by atoms with Crippen LogP contribution in [-0.2, 0) is 14.4 Å². The zero-order valence-electron chi connectivity index (χ0n) is 18.5. The smallest absolute Gasteiger partial charge is 0.215 e. The molecule has 0 aliphatic carbocycles. The first kappa shape index (κ1) is 30.3. The minimum Gasteiger partial charge on any atom is -0.282 e. The van der Waals surface area contributed by atoms with Gasteiger partial charge in [-0.05, 0) is 58.3 Å². The van der Waals surface area contributed by atoms with E-state index in [4.69, 9.17) is 0 Å². The molecule has 0 aliphatic rings. The van der Waals surface area contributed by atoms with Gasteiger partial charge < -0.3 is 0 Å². The molecule has 3 unspecified atom stereocenters. The van der Waals surface area contributed by atoms with Crippen LogP contribution in [0.15, 0.2) is 36.5 Å². The van der Waals surface area contributed by atoms with Crippen molar-refractivity contribution >= 4 is 85.9 Å². The van der Waals surface area contributed by atoms with Crippen LogP contribution in [0.25, 0.3) is 0 Å². The number of carbonyl (C=O) groups excluding carboxylic acids is 3. The molecule has 0 fully saturated rings. The van der Waals surface area contributed by atoms with E-state index in [9.17, 15) is 14.4 Å². The number of carbonyl (C=O) groups is 3. The average Bonchev–Trinajstić information content (AvgIpc) is 2.63. The maximum atomic E-state index is 12.0. The molecule has 0 spiro atoms. The predicted octanol–water partition coefficient (Wildman–Crippen LogP) is 7.10.